The summed E-state index contributed by atoms with van der Waals surface area (Å²) in [6.45, 7) is 1.77. The average Bonchev–Trinajstić information content (AvgIpc) is 3.56. The highest BCUT2D eigenvalue weighted by atomic mass is 16.5. The van der Waals surface area contributed by atoms with E-state index >= 15 is 0 Å². The standard InChI is InChI=1S/C29H30N2O4/c1-20-30-28(31-35-20)22-7-5-6-21(18-22)12-15-29(16-13-24(32)14-17-29)23-10-11-26(33-2)27(19-23)34-25-8-3-4-9-25/h5-7,10-11,18-19,25H,3-4,8-9,13-14,16-17H2,1-2H3. The van der Waals surface area contributed by atoms with Crippen LogP contribution in [-0.2, 0) is 10.2 Å². The molecule has 0 bridgehead atoms. The molecule has 2 aliphatic rings. The topological polar surface area (TPSA) is 74.5 Å². The van der Waals surface area contributed by atoms with Crippen LogP contribution >= 0.6 is 0 Å². The summed E-state index contributed by atoms with van der Waals surface area (Å²) < 4.78 is 17.1. The summed E-state index contributed by atoms with van der Waals surface area (Å²) in [5.74, 6) is 9.83. The van der Waals surface area contributed by atoms with Gasteiger partial charge in [0.2, 0.25) is 11.7 Å². The molecule has 0 radical (unpaired) electrons. The van der Waals surface area contributed by atoms with Crippen molar-refractivity contribution >= 4 is 5.78 Å². The zero-order valence-electron chi connectivity index (χ0n) is 20.3. The van der Waals surface area contributed by atoms with Crippen molar-refractivity contribution in [1.82, 2.24) is 10.1 Å². The molecule has 0 amide bonds. The maximum absolute atomic E-state index is 12.1. The summed E-state index contributed by atoms with van der Waals surface area (Å²) in [6.07, 6.45) is 7.22. The minimum atomic E-state index is -0.424. The molecule has 180 valence electrons. The van der Waals surface area contributed by atoms with Gasteiger partial charge in [0.1, 0.15) is 5.78 Å². The number of nitrogens with zero attached hydrogens (tertiary/aromatic N) is 2. The van der Waals surface area contributed by atoms with Gasteiger partial charge < -0.3 is 14.0 Å². The van der Waals surface area contributed by atoms with Crippen LogP contribution in [0.25, 0.3) is 11.4 Å². The van der Waals surface area contributed by atoms with Crippen LogP contribution in [0.2, 0.25) is 0 Å². The highest BCUT2D eigenvalue weighted by molar-refractivity contribution is 5.80. The van der Waals surface area contributed by atoms with E-state index in [1.54, 1.807) is 14.0 Å². The minimum Gasteiger partial charge on any atom is -0.493 e. The molecule has 1 aromatic heterocycles. The third-order valence-corrected chi connectivity index (χ3v) is 7.07. The molecule has 35 heavy (non-hydrogen) atoms. The van der Waals surface area contributed by atoms with Crippen LogP contribution in [0.5, 0.6) is 11.5 Å². The van der Waals surface area contributed by atoms with E-state index in [-0.39, 0.29) is 6.10 Å². The Morgan fingerprint density at radius 2 is 1.86 bits per heavy atom. The fourth-order valence-electron chi connectivity index (χ4n) is 5.04. The fourth-order valence-corrected chi connectivity index (χ4v) is 5.04. The SMILES string of the molecule is COc1ccc(C2(C#Cc3cccc(-c4noc(C)n4)c3)CCC(=O)CC2)cc1OC1CCCC1. The van der Waals surface area contributed by atoms with Crippen molar-refractivity contribution in [2.75, 3.05) is 7.11 Å². The Morgan fingerprint density at radius 1 is 1.06 bits per heavy atom. The van der Waals surface area contributed by atoms with Gasteiger partial charge in [-0.3, -0.25) is 4.79 Å². The van der Waals surface area contributed by atoms with Crippen molar-refractivity contribution in [3.8, 4) is 34.7 Å². The number of benzene rings is 2. The number of carbonyl (C=O) groups is 1. The zero-order chi connectivity index (χ0) is 24.3. The van der Waals surface area contributed by atoms with Crippen molar-refractivity contribution in [2.24, 2.45) is 0 Å². The summed E-state index contributed by atoms with van der Waals surface area (Å²) in [6, 6.07) is 14.0. The molecule has 0 saturated heterocycles. The molecule has 2 aromatic carbocycles. The number of methoxy groups -OCH3 is 1. The number of aryl methyl sites for hydroxylation is 1. The highest BCUT2D eigenvalue weighted by Crippen LogP contribution is 2.42. The van der Waals surface area contributed by atoms with Crippen LogP contribution in [0.4, 0.5) is 0 Å². The summed E-state index contributed by atoms with van der Waals surface area (Å²) in [4.78, 5) is 16.5. The predicted molar refractivity (Wildman–Crippen MR) is 132 cm³/mol. The summed E-state index contributed by atoms with van der Waals surface area (Å²) >= 11 is 0. The number of carbonyl (C=O) groups excluding carboxylic acids is 1. The first-order valence-electron chi connectivity index (χ1n) is 12.4. The number of ketones is 1. The Kier molecular flexibility index (Phi) is 6.59. The van der Waals surface area contributed by atoms with Crippen LogP contribution in [-0.4, -0.2) is 29.1 Å². The summed E-state index contributed by atoms with van der Waals surface area (Å²) in [7, 11) is 1.67. The highest BCUT2D eigenvalue weighted by Gasteiger charge is 2.36. The van der Waals surface area contributed by atoms with E-state index in [0.29, 0.717) is 43.2 Å². The first-order chi connectivity index (χ1) is 17.0. The molecule has 5 rings (SSSR count). The maximum Gasteiger partial charge on any atom is 0.223 e. The lowest BCUT2D eigenvalue weighted by molar-refractivity contribution is -0.120. The summed E-state index contributed by atoms with van der Waals surface area (Å²) in [5.41, 5.74) is 2.39. The van der Waals surface area contributed by atoms with E-state index in [1.807, 2.05) is 30.3 Å². The lowest BCUT2D eigenvalue weighted by Gasteiger charge is -2.33. The van der Waals surface area contributed by atoms with E-state index < -0.39 is 5.41 Å². The Hall–Kier alpha value is -3.59. The van der Waals surface area contributed by atoms with E-state index in [1.165, 1.54) is 12.8 Å². The minimum absolute atomic E-state index is 0.227. The van der Waals surface area contributed by atoms with Gasteiger partial charge in [0.15, 0.2) is 11.5 Å². The van der Waals surface area contributed by atoms with Crippen LogP contribution in [0.1, 0.15) is 68.4 Å². The zero-order valence-corrected chi connectivity index (χ0v) is 20.3. The molecule has 0 aliphatic heterocycles. The van der Waals surface area contributed by atoms with Crippen molar-refractivity contribution < 1.29 is 18.8 Å². The largest absolute Gasteiger partial charge is 0.493 e. The molecule has 0 spiro atoms. The van der Waals surface area contributed by atoms with Crippen molar-refractivity contribution in [1.29, 1.82) is 0 Å². The molecular formula is C29H30N2O4. The Labute approximate surface area is 206 Å². The molecule has 1 heterocycles. The number of hydrogen-bond acceptors (Lipinski definition) is 6. The van der Waals surface area contributed by atoms with Crippen LogP contribution in [0.3, 0.4) is 0 Å². The second kappa shape index (κ2) is 9.95. The third kappa shape index (κ3) is 5.09. The van der Waals surface area contributed by atoms with Crippen molar-refractivity contribution in [3.63, 3.8) is 0 Å². The molecule has 2 aliphatic carbocycles. The van der Waals surface area contributed by atoms with Gasteiger partial charge in [-0.25, -0.2) is 0 Å². The van der Waals surface area contributed by atoms with Gasteiger partial charge >= 0.3 is 0 Å². The number of rotatable bonds is 5. The summed E-state index contributed by atoms with van der Waals surface area (Å²) in [5, 5.41) is 4.02. The number of hydrogen-bond donors (Lipinski definition) is 0. The first kappa shape index (κ1) is 23.2. The van der Waals surface area contributed by atoms with Gasteiger partial charge in [0.05, 0.1) is 18.6 Å². The van der Waals surface area contributed by atoms with Gasteiger partial charge in [0.25, 0.3) is 0 Å². The van der Waals surface area contributed by atoms with Crippen molar-refractivity contribution in [2.45, 2.75) is 69.8 Å². The molecule has 0 atom stereocenters. The second-order valence-corrected chi connectivity index (χ2v) is 9.48. The fraction of sp³-hybridized carbons (Fsp3) is 0.414. The Bertz CT molecular complexity index is 1270. The average molecular weight is 471 g/mol. The lowest BCUT2D eigenvalue weighted by Crippen LogP contribution is -2.30. The normalized spacial score (nSPS) is 17.6. The predicted octanol–water partition coefficient (Wildman–Crippen LogP) is 5.81. The monoisotopic (exact) mass is 470 g/mol. The molecule has 6 heteroatoms. The van der Waals surface area contributed by atoms with E-state index in [0.717, 1.165) is 41.0 Å². The number of ether oxygens (including phenoxy) is 2. The smallest absolute Gasteiger partial charge is 0.223 e. The third-order valence-electron chi connectivity index (χ3n) is 7.07. The molecule has 6 nitrogen and oxygen atoms in total. The maximum atomic E-state index is 12.1. The quantitative estimate of drug-likeness (QED) is 0.438. The molecule has 3 aromatic rings. The van der Waals surface area contributed by atoms with Gasteiger partial charge in [-0.2, -0.15) is 4.98 Å². The number of aromatic nitrogens is 2. The molecule has 0 N–H and O–H groups in total. The van der Waals surface area contributed by atoms with Gasteiger partial charge in [-0.15, -0.1) is 0 Å². The van der Waals surface area contributed by atoms with E-state index in [4.69, 9.17) is 14.0 Å². The van der Waals surface area contributed by atoms with E-state index in [2.05, 4.69) is 34.1 Å². The Morgan fingerprint density at radius 3 is 2.57 bits per heavy atom. The number of Topliss-reactive ketones (excluding diaryl/α,β-unsaturated/α-hetero) is 1. The van der Waals surface area contributed by atoms with Crippen molar-refractivity contribution in [3.05, 3.63) is 59.5 Å². The van der Waals surface area contributed by atoms with Gasteiger partial charge in [-0.1, -0.05) is 35.2 Å². The van der Waals surface area contributed by atoms with Crippen LogP contribution in [0.15, 0.2) is 47.0 Å². The van der Waals surface area contributed by atoms with Gasteiger partial charge in [-0.05, 0) is 68.4 Å². The first-order valence-corrected chi connectivity index (χ1v) is 12.4. The van der Waals surface area contributed by atoms with Crippen LogP contribution < -0.4 is 9.47 Å². The Balaban J connectivity index is 1.50. The van der Waals surface area contributed by atoms with E-state index in [9.17, 15) is 4.79 Å². The lowest BCUT2D eigenvalue weighted by atomic mass is 9.69. The second-order valence-electron chi connectivity index (χ2n) is 9.48. The molecular weight excluding hydrogens is 440 g/mol. The van der Waals surface area contributed by atoms with Crippen LogP contribution in [0, 0.1) is 18.8 Å². The molecule has 2 saturated carbocycles. The molecule has 0 unspecified atom stereocenters. The molecule has 2 fully saturated rings. The van der Waals surface area contributed by atoms with Gasteiger partial charge in [0, 0.05) is 30.9 Å².